The van der Waals surface area contributed by atoms with E-state index in [0.717, 1.165) is 0 Å². The van der Waals surface area contributed by atoms with Crippen LogP contribution >= 0.6 is 0 Å². The van der Waals surface area contributed by atoms with Gasteiger partial charge < -0.3 is 4.98 Å². The summed E-state index contributed by atoms with van der Waals surface area (Å²) in [6.45, 7) is 0. The number of halogens is 1. The molecule has 0 aliphatic carbocycles. The Bertz CT molecular complexity index is 746. The fraction of sp³-hybridized carbons (Fsp3) is 0.250. The first-order valence-corrected chi connectivity index (χ1v) is 5.80. The van der Waals surface area contributed by atoms with E-state index in [-0.39, 0.29) is 18.7 Å². The maximum Gasteiger partial charge on any atom is 0.327 e. The summed E-state index contributed by atoms with van der Waals surface area (Å²) in [6, 6.07) is 3.10. The molecule has 1 unspecified atom stereocenters. The van der Waals surface area contributed by atoms with Crippen LogP contribution < -0.4 is 11.0 Å². The van der Waals surface area contributed by atoms with E-state index in [1.807, 2.05) is 0 Å². The highest BCUT2D eigenvalue weighted by Gasteiger charge is 2.30. The third-order valence-corrected chi connectivity index (χ3v) is 3.20. The monoisotopic (exact) mass is 263 g/mol. The second-order valence-electron chi connectivity index (χ2n) is 4.43. The molecule has 2 amide bonds. The lowest BCUT2D eigenvalue weighted by Crippen LogP contribution is -2.43. The summed E-state index contributed by atoms with van der Waals surface area (Å²) in [5.41, 5.74) is 0.283. The number of hydrogen-bond donors (Lipinski definition) is 2. The summed E-state index contributed by atoms with van der Waals surface area (Å²) >= 11 is 0. The summed E-state index contributed by atoms with van der Waals surface area (Å²) in [4.78, 5) is 37.3. The van der Waals surface area contributed by atoms with E-state index < -0.39 is 23.5 Å². The number of hydrogen-bond acceptors (Lipinski definition) is 3. The molecule has 1 saturated heterocycles. The van der Waals surface area contributed by atoms with Crippen LogP contribution in [-0.4, -0.2) is 21.4 Å². The number of aromatic amines is 1. The molecule has 19 heavy (non-hydrogen) atoms. The fourth-order valence-electron chi connectivity index (χ4n) is 2.34. The lowest BCUT2D eigenvalue weighted by atomic mass is 10.1. The first-order valence-electron chi connectivity index (χ1n) is 5.80. The van der Waals surface area contributed by atoms with Gasteiger partial charge in [0.25, 0.3) is 0 Å². The number of nitrogens with one attached hydrogen (secondary N) is 2. The molecule has 0 saturated carbocycles. The Morgan fingerprint density at radius 3 is 2.79 bits per heavy atom. The standard InChI is InChI=1S/C12H10FN3O3/c13-6-1-2-8-7(5-6)14-12(19)16(8)9-3-4-10(17)15-11(9)18/h1-2,5,9H,3-4H2,(H,14,19)(H,15,17,18). The zero-order valence-electron chi connectivity index (χ0n) is 9.77. The summed E-state index contributed by atoms with van der Waals surface area (Å²) in [7, 11) is 0. The van der Waals surface area contributed by atoms with Crippen molar-refractivity contribution in [3.05, 3.63) is 34.5 Å². The van der Waals surface area contributed by atoms with Crippen molar-refractivity contribution >= 4 is 22.8 Å². The lowest BCUT2D eigenvalue weighted by Gasteiger charge is -2.21. The summed E-state index contributed by atoms with van der Waals surface area (Å²) in [6.07, 6.45) is 0.436. The summed E-state index contributed by atoms with van der Waals surface area (Å²) in [5.74, 6) is -1.33. The Hall–Kier alpha value is -2.44. The smallest absolute Gasteiger partial charge is 0.305 e. The van der Waals surface area contributed by atoms with Crippen LogP contribution in [0.25, 0.3) is 11.0 Å². The predicted octanol–water partition coefficient (Wildman–Crippen LogP) is 0.446. The molecule has 7 heteroatoms. The predicted molar refractivity (Wildman–Crippen MR) is 63.9 cm³/mol. The number of rotatable bonds is 1. The van der Waals surface area contributed by atoms with Crippen LogP contribution in [0.3, 0.4) is 0 Å². The number of nitrogens with zero attached hydrogens (tertiary/aromatic N) is 1. The van der Waals surface area contributed by atoms with Gasteiger partial charge >= 0.3 is 5.69 Å². The molecule has 2 aromatic rings. The van der Waals surface area contributed by atoms with Crippen LogP contribution in [0, 0.1) is 5.82 Å². The van der Waals surface area contributed by atoms with Crippen molar-refractivity contribution in [2.45, 2.75) is 18.9 Å². The van der Waals surface area contributed by atoms with Gasteiger partial charge in [-0.3, -0.25) is 19.5 Å². The van der Waals surface area contributed by atoms with Gasteiger partial charge in [-0.2, -0.15) is 0 Å². The van der Waals surface area contributed by atoms with Gasteiger partial charge in [0.15, 0.2) is 0 Å². The third kappa shape index (κ3) is 1.83. The Balaban J connectivity index is 2.15. The van der Waals surface area contributed by atoms with Gasteiger partial charge in [0.2, 0.25) is 11.8 Å². The zero-order valence-corrected chi connectivity index (χ0v) is 9.77. The number of H-pyrrole nitrogens is 1. The van der Waals surface area contributed by atoms with Crippen molar-refractivity contribution in [3.63, 3.8) is 0 Å². The second kappa shape index (κ2) is 4.04. The molecule has 98 valence electrons. The zero-order chi connectivity index (χ0) is 13.6. The minimum absolute atomic E-state index is 0.177. The van der Waals surface area contributed by atoms with Gasteiger partial charge in [0.05, 0.1) is 11.0 Å². The number of imidazole rings is 1. The first-order chi connectivity index (χ1) is 9.06. The highest BCUT2D eigenvalue weighted by atomic mass is 19.1. The third-order valence-electron chi connectivity index (χ3n) is 3.20. The van der Waals surface area contributed by atoms with E-state index >= 15 is 0 Å². The lowest BCUT2D eigenvalue weighted by molar-refractivity contribution is -0.135. The normalized spacial score (nSPS) is 19.7. The average molecular weight is 263 g/mol. The van der Waals surface area contributed by atoms with Crippen molar-refractivity contribution in [2.24, 2.45) is 0 Å². The summed E-state index contributed by atoms with van der Waals surface area (Å²) in [5, 5.41) is 2.20. The van der Waals surface area contributed by atoms with Gasteiger partial charge in [-0.15, -0.1) is 0 Å². The summed E-state index contributed by atoms with van der Waals surface area (Å²) < 4.78 is 14.4. The van der Waals surface area contributed by atoms with Crippen molar-refractivity contribution in [2.75, 3.05) is 0 Å². The van der Waals surface area contributed by atoms with E-state index in [9.17, 15) is 18.8 Å². The molecule has 1 aliphatic rings. The van der Waals surface area contributed by atoms with Gasteiger partial charge in [-0.05, 0) is 24.6 Å². The van der Waals surface area contributed by atoms with Gasteiger partial charge in [0.1, 0.15) is 11.9 Å². The Labute approximate surface area is 106 Å². The molecule has 2 N–H and O–H groups in total. The molecule has 0 radical (unpaired) electrons. The minimum atomic E-state index is -0.746. The molecule has 0 spiro atoms. The van der Waals surface area contributed by atoms with E-state index in [4.69, 9.17) is 0 Å². The van der Waals surface area contributed by atoms with Crippen LogP contribution in [0.15, 0.2) is 23.0 Å². The molecule has 6 nitrogen and oxygen atoms in total. The number of piperidine rings is 1. The van der Waals surface area contributed by atoms with Crippen LogP contribution in [0.1, 0.15) is 18.9 Å². The topological polar surface area (TPSA) is 84.0 Å². The molecule has 1 fully saturated rings. The van der Waals surface area contributed by atoms with Gasteiger partial charge in [0, 0.05) is 6.42 Å². The Morgan fingerprint density at radius 2 is 2.05 bits per heavy atom. The SMILES string of the molecule is O=C1CCC(n2c(=O)[nH]c3cc(F)ccc32)C(=O)N1. The number of carbonyl (C=O) groups excluding carboxylic acids is 2. The average Bonchev–Trinajstić information content (AvgIpc) is 2.65. The van der Waals surface area contributed by atoms with E-state index in [2.05, 4.69) is 10.3 Å². The second-order valence-corrected chi connectivity index (χ2v) is 4.43. The largest absolute Gasteiger partial charge is 0.327 e. The number of fused-ring (bicyclic) bond motifs is 1. The van der Waals surface area contributed by atoms with Crippen LogP contribution in [0.2, 0.25) is 0 Å². The van der Waals surface area contributed by atoms with Gasteiger partial charge in [-0.25, -0.2) is 9.18 Å². The number of aromatic nitrogens is 2. The maximum absolute atomic E-state index is 13.1. The minimum Gasteiger partial charge on any atom is -0.305 e. The Kier molecular flexibility index (Phi) is 2.48. The van der Waals surface area contributed by atoms with E-state index in [1.165, 1.54) is 22.8 Å². The molecule has 1 aliphatic heterocycles. The molecule has 3 rings (SSSR count). The number of amides is 2. The molecule has 0 bridgehead atoms. The van der Waals surface area contributed by atoms with E-state index in [1.54, 1.807) is 0 Å². The molecule has 1 atom stereocenters. The van der Waals surface area contributed by atoms with Crippen molar-refractivity contribution < 1.29 is 14.0 Å². The maximum atomic E-state index is 13.1. The quantitative estimate of drug-likeness (QED) is 0.732. The number of imide groups is 1. The van der Waals surface area contributed by atoms with Gasteiger partial charge in [-0.1, -0.05) is 0 Å². The molecule has 1 aromatic heterocycles. The van der Waals surface area contributed by atoms with Crippen molar-refractivity contribution in [1.82, 2.24) is 14.9 Å². The van der Waals surface area contributed by atoms with Crippen LogP contribution in [0.5, 0.6) is 0 Å². The molecular weight excluding hydrogens is 253 g/mol. The number of carbonyl (C=O) groups is 2. The van der Waals surface area contributed by atoms with Crippen molar-refractivity contribution in [3.8, 4) is 0 Å². The fourth-order valence-corrected chi connectivity index (χ4v) is 2.34. The molecule has 1 aromatic carbocycles. The van der Waals surface area contributed by atoms with Crippen molar-refractivity contribution in [1.29, 1.82) is 0 Å². The van der Waals surface area contributed by atoms with Crippen LogP contribution in [0.4, 0.5) is 4.39 Å². The molecule has 2 heterocycles. The molecular formula is C12H10FN3O3. The first kappa shape index (κ1) is 11.6. The number of benzene rings is 1. The van der Waals surface area contributed by atoms with Crippen LogP contribution in [-0.2, 0) is 9.59 Å². The highest BCUT2D eigenvalue weighted by molar-refractivity contribution is 6.00. The Morgan fingerprint density at radius 1 is 1.26 bits per heavy atom. The van der Waals surface area contributed by atoms with E-state index in [0.29, 0.717) is 11.0 Å². The highest BCUT2D eigenvalue weighted by Crippen LogP contribution is 2.22.